The van der Waals surface area contributed by atoms with Gasteiger partial charge in [-0.15, -0.1) is 0 Å². The molecule has 0 amide bonds. The van der Waals surface area contributed by atoms with Crippen LogP contribution in [0.4, 0.5) is 4.39 Å². The summed E-state index contributed by atoms with van der Waals surface area (Å²) in [6.45, 7) is -1.13. The number of halogens is 1. The van der Waals surface area contributed by atoms with Crippen LogP contribution in [0.3, 0.4) is 0 Å². The normalized spacial score (nSPS) is 8.79. The zero-order valence-electron chi connectivity index (χ0n) is 7.78. The van der Waals surface area contributed by atoms with Crippen molar-refractivity contribution in [2.24, 2.45) is 5.16 Å². The Morgan fingerprint density at radius 3 is 2.07 bits per heavy atom. The molecule has 0 N–H and O–H groups in total. The quantitative estimate of drug-likeness (QED) is 0.203. The van der Waals surface area contributed by atoms with Gasteiger partial charge in [-0.1, -0.05) is 5.16 Å². The molecule has 0 bridgehead atoms. The predicted molar refractivity (Wildman–Crippen MR) is 43.4 cm³/mol. The van der Waals surface area contributed by atoms with Crippen molar-refractivity contribution >= 4 is 17.7 Å². The second kappa shape index (κ2) is 6.81. The monoisotopic (exact) mass is 207 g/mol. The molecule has 0 atom stereocenters. The van der Waals surface area contributed by atoms with Crippen molar-refractivity contribution in [3.05, 3.63) is 0 Å². The second-order valence-corrected chi connectivity index (χ2v) is 1.95. The van der Waals surface area contributed by atoms with Crippen molar-refractivity contribution < 1.29 is 28.3 Å². The van der Waals surface area contributed by atoms with Crippen LogP contribution in [0.25, 0.3) is 0 Å². The molecule has 0 rings (SSSR count). The van der Waals surface area contributed by atoms with E-state index < -0.39 is 24.3 Å². The molecule has 0 aliphatic carbocycles. The summed E-state index contributed by atoms with van der Waals surface area (Å²) in [6, 6.07) is 0. The third kappa shape index (κ3) is 3.83. The van der Waals surface area contributed by atoms with Crippen molar-refractivity contribution in [3.63, 3.8) is 0 Å². The molecule has 80 valence electrons. The van der Waals surface area contributed by atoms with Crippen molar-refractivity contribution in [2.75, 3.05) is 27.5 Å². The fraction of sp³-hybridized carbons (Fsp3) is 0.571. The first-order valence-corrected chi connectivity index (χ1v) is 3.60. The summed E-state index contributed by atoms with van der Waals surface area (Å²) in [6.07, 6.45) is 0. The zero-order valence-corrected chi connectivity index (χ0v) is 7.78. The summed E-state index contributed by atoms with van der Waals surface area (Å²) < 4.78 is 20.0. The number of hydrogen-bond acceptors (Lipinski definition) is 6. The highest BCUT2D eigenvalue weighted by atomic mass is 19.1. The van der Waals surface area contributed by atoms with E-state index in [1.54, 1.807) is 0 Å². The van der Waals surface area contributed by atoms with Crippen LogP contribution in [0, 0.1) is 0 Å². The van der Waals surface area contributed by atoms with Gasteiger partial charge >= 0.3 is 11.9 Å². The summed E-state index contributed by atoms with van der Waals surface area (Å²) in [4.78, 5) is 26.1. The summed E-state index contributed by atoms with van der Waals surface area (Å²) in [7, 11) is 2.13. The van der Waals surface area contributed by atoms with E-state index in [9.17, 15) is 14.0 Å². The van der Waals surface area contributed by atoms with Crippen LogP contribution >= 0.6 is 0 Å². The van der Waals surface area contributed by atoms with Crippen LogP contribution in [0.1, 0.15) is 0 Å². The van der Waals surface area contributed by atoms with E-state index in [2.05, 4.69) is 19.5 Å². The van der Waals surface area contributed by atoms with Gasteiger partial charge in [0.2, 0.25) is 0 Å². The summed E-state index contributed by atoms with van der Waals surface area (Å²) in [5.74, 6) is -2.01. The van der Waals surface area contributed by atoms with Crippen molar-refractivity contribution in [1.82, 2.24) is 0 Å². The minimum absolute atomic E-state index is 0.350. The first-order chi connectivity index (χ1) is 6.67. The molecule has 0 aliphatic rings. The SMILES string of the molecule is COC(=O)C(=NOCCF)C(=O)OC. The molecule has 7 heteroatoms. The van der Waals surface area contributed by atoms with Crippen molar-refractivity contribution in [3.8, 4) is 0 Å². The van der Waals surface area contributed by atoms with Gasteiger partial charge in [-0.2, -0.15) is 0 Å². The number of carbonyl (C=O) groups excluding carboxylic acids is 2. The van der Waals surface area contributed by atoms with Gasteiger partial charge in [0.25, 0.3) is 5.71 Å². The minimum Gasteiger partial charge on any atom is -0.464 e. The number of rotatable bonds is 5. The van der Waals surface area contributed by atoms with Crippen molar-refractivity contribution in [1.29, 1.82) is 0 Å². The van der Waals surface area contributed by atoms with E-state index in [1.807, 2.05) is 0 Å². The first kappa shape index (κ1) is 12.3. The van der Waals surface area contributed by atoms with Gasteiger partial charge in [-0.25, -0.2) is 14.0 Å². The number of hydrogen-bond donors (Lipinski definition) is 0. The zero-order chi connectivity index (χ0) is 11.0. The van der Waals surface area contributed by atoms with Crippen LogP contribution in [0.2, 0.25) is 0 Å². The fourth-order valence-corrected chi connectivity index (χ4v) is 0.496. The average molecular weight is 207 g/mol. The Morgan fingerprint density at radius 2 is 1.71 bits per heavy atom. The molecule has 0 aliphatic heterocycles. The topological polar surface area (TPSA) is 74.2 Å². The lowest BCUT2D eigenvalue weighted by Crippen LogP contribution is -2.27. The van der Waals surface area contributed by atoms with Gasteiger partial charge in [0.1, 0.15) is 13.3 Å². The molecule has 0 fully saturated rings. The van der Waals surface area contributed by atoms with E-state index in [4.69, 9.17) is 0 Å². The Labute approximate surface area is 79.6 Å². The van der Waals surface area contributed by atoms with Gasteiger partial charge in [-0.05, 0) is 0 Å². The lowest BCUT2D eigenvalue weighted by molar-refractivity contribution is -0.138. The molecule has 0 saturated carbocycles. The van der Waals surface area contributed by atoms with Crippen LogP contribution < -0.4 is 0 Å². The molecule has 0 aromatic heterocycles. The second-order valence-electron chi connectivity index (χ2n) is 1.95. The molecule has 0 radical (unpaired) electrons. The van der Waals surface area contributed by atoms with E-state index in [0.29, 0.717) is 0 Å². The summed E-state index contributed by atoms with van der Waals surface area (Å²) in [5.41, 5.74) is -0.663. The maximum absolute atomic E-state index is 11.6. The highest BCUT2D eigenvalue weighted by Gasteiger charge is 2.23. The third-order valence-electron chi connectivity index (χ3n) is 1.08. The molecule has 0 saturated heterocycles. The number of oxime groups is 1. The van der Waals surface area contributed by atoms with Crippen LogP contribution in [-0.2, 0) is 23.9 Å². The Morgan fingerprint density at radius 1 is 1.21 bits per heavy atom. The van der Waals surface area contributed by atoms with Crippen LogP contribution in [0.5, 0.6) is 0 Å². The van der Waals surface area contributed by atoms with Crippen molar-refractivity contribution in [2.45, 2.75) is 0 Å². The third-order valence-corrected chi connectivity index (χ3v) is 1.08. The van der Waals surface area contributed by atoms with E-state index >= 15 is 0 Å². The Balaban J connectivity index is 4.46. The average Bonchev–Trinajstić information content (AvgIpc) is 2.22. The Hall–Kier alpha value is -1.66. The summed E-state index contributed by atoms with van der Waals surface area (Å²) in [5, 5.41) is 3.08. The highest BCUT2D eigenvalue weighted by Crippen LogP contribution is 1.90. The fourth-order valence-electron chi connectivity index (χ4n) is 0.496. The van der Waals surface area contributed by atoms with Gasteiger partial charge in [0.15, 0.2) is 0 Å². The molecule has 0 heterocycles. The largest absolute Gasteiger partial charge is 0.464 e. The maximum Gasteiger partial charge on any atom is 0.367 e. The number of esters is 2. The van der Waals surface area contributed by atoms with Crippen LogP contribution in [0.15, 0.2) is 5.16 Å². The highest BCUT2D eigenvalue weighted by molar-refractivity contribution is 6.62. The smallest absolute Gasteiger partial charge is 0.367 e. The Kier molecular flexibility index (Phi) is 6.01. The molecular weight excluding hydrogens is 197 g/mol. The van der Waals surface area contributed by atoms with Crippen LogP contribution in [-0.4, -0.2) is 45.2 Å². The molecule has 14 heavy (non-hydrogen) atoms. The Bertz CT molecular complexity index is 222. The number of methoxy groups -OCH3 is 2. The van der Waals surface area contributed by atoms with E-state index in [-0.39, 0.29) is 6.61 Å². The van der Waals surface area contributed by atoms with E-state index in [0.717, 1.165) is 14.2 Å². The van der Waals surface area contributed by atoms with Gasteiger partial charge in [-0.3, -0.25) is 0 Å². The van der Waals surface area contributed by atoms with Gasteiger partial charge in [0, 0.05) is 0 Å². The number of ether oxygens (including phenoxy) is 2. The molecule has 6 nitrogen and oxygen atoms in total. The van der Waals surface area contributed by atoms with Gasteiger partial charge in [0.05, 0.1) is 14.2 Å². The molecule has 0 unspecified atom stereocenters. The lowest BCUT2D eigenvalue weighted by atomic mass is 10.4. The lowest BCUT2D eigenvalue weighted by Gasteiger charge is -2.01. The number of alkyl halides is 1. The van der Waals surface area contributed by atoms with E-state index in [1.165, 1.54) is 0 Å². The summed E-state index contributed by atoms with van der Waals surface area (Å²) >= 11 is 0. The molecular formula is C7H10FNO5. The van der Waals surface area contributed by atoms with Gasteiger partial charge < -0.3 is 14.3 Å². The first-order valence-electron chi connectivity index (χ1n) is 3.60. The predicted octanol–water partition coefficient (Wildman–Crippen LogP) is -0.326. The minimum atomic E-state index is -1.00. The number of carbonyl (C=O) groups is 2. The molecule has 0 aromatic rings. The molecule has 0 spiro atoms. The maximum atomic E-state index is 11.6. The molecule has 0 aromatic carbocycles. The number of nitrogens with zero attached hydrogens (tertiary/aromatic N) is 1. The standard InChI is InChI=1S/C7H10FNO5/c1-12-6(10)5(7(11)13-2)9-14-4-3-8/h3-4H2,1-2H3.